The number of pyridine rings is 1. The minimum absolute atomic E-state index is 0.118. The van der Waals surface area contributed by atoms with Crippen molar-refractivity contribution >= 4 is 11.7 Å². The second-order valence-electron chi connectivity index (χ2n) is 14.7. The van der Waals surface area contributed by atoms with E-state index in [2.05, 4.69) is 37.8 Å². The predicted octanol–water partition coefficient (Wildman–Crippen LogP) is 9.01. The van der Waals surface area contributed by atoms with E-state index in [4.69, 9.17) is 19.2 Å². The molecule has 5 rings (SSSR count). The SMILES string of the molecule is Cc1nc(C)c([C@H](OC(C)(C)C)C(=O)OC(C)C)c(N2CCC(C)(C)CC2)c1-c1ccc2c(c1)CCC(c1ccc(F)cc1)O2. The van der Waals surface area contributed by atoms with Crippen LogP contribution in [0.25, 0.3) is 11.1 Å². The standard InChI is InChI=1S/C38H49FN2O4/c1-23(2)43-36(42)35(45-37(5,6)7)33-25(4)40-24(3)32(34(33)41-20-18-38(8,9)19-21-41)28-13-17-31-27(22-28)12-16-30(44-31)26-10-14-29(39)15-11-26/h10-11,13-15,17,22-23,30,35H,12,16,18-21H2,1-9H3/t30?,35-/m0/s1. The highest BCUT2D eigenvalue weighted by molar-refractivity contribution is 5.89. The van der Waals surface area contributed by atoms with E-state index >= 15 is 0 Å². The molecule has 0 N–H and O–H groups in total. The summed E-state index contributed by atoms with van der Waals surface area (Å²) >= 11 is 0. The molecule has 0 radical (unpaired) electrons. The maximum Gasteiger partial charge on any atom is 0.340 e. The first-order chi connectivity index (χ1) is 21.1. The molecule has 45 heavy (non-hydrogen) atoms. The number of hydrogen-bond acceptors (Lipinski definition) is 6. The molecule has 1 saturated heterocycles. The van der Waals surface area contributed by atoms with E-state index in [-0.39, 0.29) is 23.4 Å². The van der Waals surface area contributed by atoms with Gasteiger partial charge in [0.2, 0.25) is 0 Å². The number of anilines is 1. The van der Waals surface area contributed by atoms with E-state index in [9.17, 15) is 9.18 Å². The van der Waals surface area contributed by atoms with Gasteiger partial charge >= 0.3 is 5.97 Å². The molecule has 1 aromatic heterocycles. The Morgan fingerprint density at radius 1 is 1.04 bits per heavy atom. The fourth-order valence-electron chi connectivity index (χ4n) is 6.50. The Morgan fingerprint density at radius 3 is 2.33 bits per heavy atom. The highest BCUT2D eigenvalue weighted by Crippen LogP contribution is 2.46. The zero-order chi connectivity index (χ0) is 32.7. The molecule has 2 aliphatic rings. The van der Waals surface area contributed by atoms with Gasteiger partial charge in [-0.05, 0) is 121 Å². The average molecular weight is 617 g/mol. The Morgan fingerprint density at radius 2 is 1.71 bits per heavy atom. The normalized spacial score (nSPS) is 18.7. The minimum atomic E-state index is -0.929. The number of benzene rings is 2. The first-order valence-electron chi connectivity index (χ1n) is 16.3. The van der Waals surface area contributed by atoms with Gasteiger partial charge in [0.05, 0.1) is 17.4 Å². The van der Waals surface area contributed by atoms with Gasteiger partial charge in [-0.1, -0.05) is 32.0 Å². The summed E-state index contributed by atoms with van der Waals surface area (Å²) in [5, 5.41) is 0. The maximum absolute atomic E-state index is 13.8. The van der Waals surface area contributed by atoms with Crippen molar-refractivity contribution in [2.75, 3.05) is 18.0 Å². The molecule has 0 bridgehead atoms. The molecular formula is C38H49FN2O4. The summed E-state index contributed by atoms with van der Waals surface area (Å²) < 4.78 is 32.3. The van der Waals surface area contributed by atoms with Gasteiger partial charge in [0.25, 0.3) is 0 Å². The molecule has 7 heteroatoms. The molecule has 3 aromatic rings. The van der Waals surface area contributed by atoms with Crippen LogP contribution >= 0.6 is 0 Å². The van der Waals surface area contributed by atoms with E-state index < -0.39 is 17.7 Å². The van der Waals surface area contributed by atoms with Crippen LogP contribution in [-0.4, -0.2) is 35.7 Å². The van der Waals surface area contributed by atoms with Gasteiger partial charge in [-0.2, -0.15) is 0 Å². The van der Waals surface area contributed by atoms with E-state index in [1.807, 2.05) is 47.6 Å². The molecule has 2 aliphatic heterocycles. The third-order valence-corrected chi connectivity index (χ3v) is 8.85. The maximum atomic E-state index is 13.8. The van der Waals surface area contributed by atoms with Gasteiger partial charge in [0.1, 0.15) is 17.7 Å². The lowest BCUT2D eigenvalue weighted by atomic mass is 9.81. The topological polar surface area (TPSA) is 60.9 Å². The number of halogens is 1. The van der Waals surface area contributed by atoms with Crippen LogP contribution in [0, 0.1) is 25.1 Å². The molecule has 1 fully saturated rings. The van der Waals surface area contributed by atoms with Gasteiger partial charge < -0.3 is 19.1 Å². The lowest BCUT2D eigenvalue weighted by molar-refractivity contribution is -0.171. The van der Waals surface area contributed by atoms with E-state index in [1.165, 1.54) is 12.1 Å². The number of rotatable bonds is 7. The largest absolute Gasteiger partial charge is 0.485 e. The number of carbonyl (C=O) groups is 1. The monoisotopic (exact) mass is 616 g/mol. The van der Waals surface area contributed by atoms with Crippen molar-refractivity contribution in [1.29, 1.82) is 0 Å². The second-order valence-corrected chi connectivity index (χ2v) is 14.7. The number of nitrogens with zero attached hydrogens (tertiary/aromatic N) is 2. The molecule has 2 atom stereocenters. The fraction of sp³-hybridized carbons (Fsp3) is 0.526. The molecule has 242 valence electrons. The van der Waals surface area contributed by atoms with Crippen LogP contribution in [-0.2, 0) is 20.7 Å². The van der Waals surface area contributed by atoms with E-state index in [1.54, 1.807) is 12.1 Å². The number of ether oxygens (including phenoxy) is 3. The predicted molar refractivity (Wildman–Crippen MR) is 177 cm³/mol. The van der Waals surface area contributed by atoms with Crippen LogP contribution in [0.3, 0.4) is 0 Å². The van der Waals surface area contributed by atoms with E-state index in [0.717, 1.165) is 89.4 Å². The van der Waals surface area contributed by atoms with Gasteiger partial charge in [-0.3, -0.25) is 4.98 Å². The smallest absolute Gasteiger partial charge is 0.340 e. The highest BCUT2D eigenvalue weighted by atomic mass is 19.1. The number of esters is 1. The lowest BCUT2D eigenvalue weighted by Gasteiger charge is -2.41. The van der Waals surface area contributed by atoms with Crippen LogP contribution in [0.4, 0.5) is 10.1 Å². The molecule has 3 heterocycles. The number of aryl methyl sites for hydroxylation is 3. The Labute approximate surface area is 268 Å². The summed E-state index contributed by atoms with van der Waals surface area (Å²) in [4.78, 5) is 21.3. The molecule has 0 saturated carbocycles. The van der Waals surface area contributed by atoms with Crippen molar-refractivity contribution in [1.82, 2.24) is 4.98 Å². The number of carbonyl (C=O) groups excluding carboxylic acids is 1. The lowest BCUT2D eigenvalue weighted by Crippen LogP contribution is -2.39. The first-order valence-corrected chi connectivity index (χ1v) is 16.3. The summed E-state index contributed by atoms with van der Waals surface area (Å²) in [6, 6.07) is 12.9. The Hall–Kier alpha value is -3.45. The fourth-order valence-corrected chi connectivity index (χ4v) is 6.50. The zero-order valence-electron chi connectivity index (χ0n) is 28.4. The molecule has 6 nitrogen and oxygen atoms in total. The van der Waals surface area contributed by atoms with Crippen LogP contribution in [0.15, 0.2) is 42.5 Å². The number of hydrogen-bond donors (Lipinski definition) is 0. The highest BCUT2D eigenvalue weighted by Gasteiger charge is 2.38. The van der Waals surface area contributed by atoms with Gasteiger partial charge in [-0.25, -0.2) is 9.18 Å². The van der Waals surface area contributed by atoms with Crippen LogP contribution in [0.1, 0.15) is 108 Å². The summed E-state index contributed by atoms with van der Waals surface area (Å²) in [7, 11) is 0. The van der Waals surface area contributed by atoms with Crippen LogP contribution in [0.5, 0.6) is 5.75 Å². The Balaban J connectivity index is 1.63. The molecule has 0 spiro atoms. The van der Waals surface area contributed by atoms with E-state index in [0.29, 0.717) is 0 Å². The number of piperidine rings is 1. The van der Waals surface area contributed by atoms with Gasteiger partial charge in [-0.15, -0.1) is 0 Å². The van der Waals surface area contributed by atoms with Gasteiger partial charge in [0.15, 0.2) is 6.10 Å². The first kappa shape index (κ1) is 32.9. The summed E-state index contributed by atoms with van der Waals surface area (Å²) in [5.74, 6) is 0.193. The number of aromatic nitrogens is 1. The average Bonchev–Trinajstić information content (AvgIpc) is 2.95. The van der Waals surface area contributed by atoms with Crippen molar-refractivity contribution in [3.63, 3.8) is 0 Å². The molecule has 0 amide bonds. The Kier molecular flexibility index (Phi) is 9.33. The van der Waals surface area contributed by atoms with Crippen LogP contribution < -0.4 is 9.64 Å². The third-order valence-electron chi connectivity index (χ3n) is 8.85. The van der Waals surface area contributed by atoms with Gasteiger partial charge in [0, 0.05) is 35.6 Å². The van der Waals surface area contributed by atoms with Crippen molar-refractivity contribution in [2.45, 2.75) is 112 Å². The summed E-state index contributed by atoms with van der Waals surface area (Å²) in [6.07, 6.45) is 2.39. The molecular weight excluding hydrogens is 567 g/mol. The van der Waals surface area contributed by atoms with Crippen molar-refractivity contribution in [3.05, 3.63) is 76.4 Å². The van der Waals surface area contributed by atoms with Crippen LogP contribution in [0.2, 0.25) is 0 Å². The molecule has 2 aromatic carbocycles. The van der Waals surface area contributed by atoms with Crippen molar-refractivity contribution < 1.29 is 23.4 Å². The zero-order valence-corrected chi connectivity index (χ0v) is 28.4. The molecule has 1 unspecified atom stereocenters. The number of fused-ring (bicyclic) bond motifs is 1. The Bertz CT molecular complexity index is 1530. The molecule has 0 aliphatic carbocycles. The summed E-state index contributed by atoms with van der Waals surface area (Å²) in [5.41, 5.74) is 7.27. The third kappa shape index (κ3) is 7.51. The van der Waals surface area contributed by atoms with Crippen molar-refractivity contribution in [3.8, 4) is 16.9 Å². The second kappa shape index (κ2) is 12.7. The quantitative estimate of drug-likeness (QED) is 0.247. The minimum Gasteiger partial charge on any atom is -0.485 e. The van der Waals surface area contributed by atoms with Crippen molar-refractivity contribution in [2.24, 2.45) is 5.41 Å². The summed E-state index contributed by atoms with van der Waals surface area (Å²) in [6.45, 7) is 20.0.